The van der Waals surface area contributed by atoms with E-state index in [1.807, 2.05) is 12.4 Å². The maximum atomic E-state index is 4.95. The first-order valence-corrected chi connectivity index (χ1v) is 5.43. The van der Waals surface area contributed by atoms with Gasteiger partial charge in [-0.25, -0.2) is 0 Å². The number of nitrogens with zero attached hydrogens (tertiary/aromatic N) is 1. The van der Waals surface area contributed by atoms with E-state index < -0.39 is 0 Å². The van der Waals surface area contributed by atoms with Crippen molar-refractivity contribution >= 4 is 0 Å². The highest BCUT2D eigenvalue weighted by Gasteiger charge is 1.96. The third kappa shape index (κ3) is 4.91. The van der Waals surface area contributed by atoms with Gasteiger partial charge in [-0.3, -0.25) is 4.98 Å². The Morgan fingerprint density at radius 2 is 2.27 bits per heavy atom. The number of nitrogens with one attached hydrogen (secondary N) is 1. The molecule has 0 aliphatic heterocycles. The Bertz CT molecular complexity index is 276. The molecule has 3 nitrogen and oxygen atoms in total. The van der Waals surface area contributed by atoms with E-state index in [1.54, 1.807) is 7.11 Å². The molecule has 0 unspecified atom stereocenters. The number of pyridine rings is 1. The highest BCUT2D eigenvalue weighted by Crippen LogP contribution is 2.06. The van der Waals surface area contributed by atoms with Crippen molar-refractivity contribution in [2.75, 3.05) is 26.8 Å². The van der Waals surface area contributed by atoms with E-state index in [2.05, 4.69) is 23.3 Å². The zero-order valence-electron chi connectivity index (χ0n) is 9.62. The summed E-state index contributed by atoms with van der Waals surface area (Å²) in [6, 6.07) is 2.06. The highest BCUT2D eigenvalue weighted by atomic mass is 16.5. The fourth-order valence-corrected chi connectivity index (χ4v) is 1.46. The first-order valence-electron chi connectivity index (χ1n) is 5.43. The molecule has 1 aromatic rings. The van der Waals surface area contributed by atoms with Gasteiger partial charge in [-0.15, -0.1) is 0 Å². The smallest absolute Gasteiger partial charge is 0.0587 e. The van der Waals surface area contributed by atoms with E-state index in [4.69, 9.17) is 4.74 Å². The van der Waals surface area contributed by atoms with E-state index in [0.29, 0.717) is 0 Å². The lowest BCUT2D eigenvalue weighted by molar-refractivity contribution is 0.199. The Balaban J connectivity index is 2.12. The Morgan fingerprint density at radius 3 is 3.00 bits per heavy atom. The third-order valence-corrected chi connectivity index (χ3v) is 2.43. The van der Waals surface area contributed by atoms with Gasteiger partial charge in [0.2, 0.25) is 0 Å². The highest BCUT2D eigenvalue weighted by molar-refractivity contribution is 5.21. The van der Waals surface area contributed by atoms with Gasteiger partial charge in [0.05, 0.1) is 6.61 Å². The van der Waals surface area contributed by atoms with Gasteiger partial charge in [0, 0.05) is 26.0 Å². The van der Waals surface area contributed by atoms with Gasteiger partial charge in [0.15, 0.2) is 0 Å². The number of aryl methyl sites for hydroxylation is 2. The second-order valence-electron chi connectivity index (χ2n) is 3.65. The molecule has 1 rings (SSSR count). The third-order valence-electron chi connectivity index (χ3n) is 2.43. The molecule has 0 aliphatic carbocycles. The topological polar surface area (TPSA) is 34.1 Å². The Morgan fingerprint density at radius 1 is 1.40 bits per heavy atom. The minimum Gasteiger partial charge on any atom is -0.383 e. The molecule has 0 aromatic carbocycles. The van der Waals surface area contributed by atoms with Gasteiger partial charge in [-0.05, 0) is 43.5 Å². The monoisotopic (exact) mass is 208 g/mol. The second-order valence-corrected chi connectivity index (χ2v) is 3.65. The fourth-order valence-electron chi connectivity index (χ4n) is 1.46. The summed E-state index contributed by atoms with van der Waals surface area (Å²) in [6.07, 6.45) is 6.05. The molecule has 0 radical (unpaired) electrons. The maximum Gasteiger partial charge on any atom is 0.0587 e. The van der Waals surface area contributed by atoms with Crippen LogP contribution in [0.1, 0.15) is 17.5 Å². The zero-order valence-corrected chi connectivity index (χ0v) is 9.62. The summed E-state index contributed by atoms with van der Waals surface area (Å²) < 4.78 is 4.95. The van der Waals surface area contributed by atoms with Crippen LogP contribution in [0, 0.1) is 6.92 Å². The Kier molecular flexibility index (Phi) is 5.97. The average Bonchev–Trinajstić information content (AvgIpc) is 2.25. The predicted molar refractivity (Wildman–Crippen MR) is 62.0 cm³/mol. The molecule has 0 atom stereocenters. The van der Waals surface area contributed by atoms with Crippen molar-refractivity contribution in [3.05, 3.63) is 29.6 Å². The molecule has 15 heavy (non-hydrogen) atoms. The van der Waals surface area contributed by atoms with E-state index in [9.17, 15) is 0 Å². The van der Waals surface area contributed by atoms with E-state index in [0.717, 1.165) is 32.5 Å². The molecule has 0 saturated heterocycles. The largest absolute Gasteiger partial charge is 0.383 e. The van der Waals surface area contributed by atoms with Gasteiger partial charge in [-0.1, -0.05) is 0 Å². The first kappa shape index (κ1) is 12.1. The first-order chi connectivity index (χ1) is 7.34. The Hall–Kier alpha value is -0.930. The molecule has 0 amide bonds. The molecule has 0 bridgehead atoms. The molecule has 0 aliphatic rings. The Labute approximate surface area is 91.9 Å². The molecule has 1 heterocycles. The normalized spacial score (nSPS) is 10.5. The zero-order chi connectivity index (χ0) is 10.9. The molecule has 0 spiro atoms. The minimum atomic E-state index is 0.784. The lowest BCUT2D eigenvalue weighted by Gasteiger charge is -2.05. The van der Waals surface area contributed by atoms with Crippen molar-refractivity contribution in [1.29, 1.82) is 0 Å². The fraction of sp³-hybridized carbons (Fsp3) is 0.583. The molecule has 1 N–H and O–H groups in total. The van der Waals surface area contributed by atoms with Crippen molar-refractivity contribution in [1.82, 2.24) is 10.3 Å². The molecular formula is C12H20N2O. The number of hydrogen-bond acceptors (Lipinski definition) is 3. The summed E-state index contributed by atoms with van der Waals surface area (Å²) in [4.78, 5) is 4.13. The van der Waals surface area contributed by atoms with Crippen LogP contribution < -0.4 is 5.32 Å². The summed E-state index contributed by atoms with van der Waals surface area (Å²) in [5.41, 5.74) is 2.69. The molecule has 0 fully saturated rings. The van der Waals surface area contributed by atoms with Crippen molar-refractivity contribution < 1.29 is 4.74 Å². The molecule has 84 valence electrons. The summed E-state index contributed by atoms with van der Waals surface area (Å²) in [5.74, 6) is 0. The number of hydrogen-bond donors (Lipinski definition) is 1. The summed E-state index contributed by atoms with van der Waals surface area (Å²) in [6.45, 7) is 4.89. The van der Waals surface area contributed by atoms with E-state index in [-0.39, 0.29) is 0 Å². The van der Waals surface area contributed by atoms with Gasteiger partial charge in [0.25, 0.3) is 0 Å². The molecular weight excluding hydrogens is 188 g/mol. The van der Waals surface area contributed by atoms with Crippen molar-refractivity contribution in [2.24, 2.45) is 0 Å². The van der Waals surface area contributed by atoms with Crippen LogP contribution in [0.25, 0.3) is 0 Å². The number of ether oxygens (including phenoxy) is 1. The van der Waals surface area contributed by atoms with Crippen LogP contribution in [0.5, 0.6) is 0 Å². The van der Waals surface area contributed by atoms with Gasteiger partial charge >= 0.3 is 0 Å². The minimum absolute atomic E-state index is 0.784. The molecule has 1 aromatic heterocycles. The average molecular weight is 208 g/mol. The quantitative estimate of drug-likeness (QED) is 0.690. The standard InChI is InChI=1S/C12H20N2O/c1-11-5-7-14-10-12(11)4-3-6-13-8-9-15-2/h5,7,10,13H,3-4,6,8-9H2,1-2H3. The summed E-state index contributed by atoms with van der Waals surface area (Å²) in [5, 5.41) is 3.33. The maximum absolute atomic E-state index is 4.95. The second kappa shape index (κ2) is 7.37. The molecule has 3 heteroatoms. The summed E-state index contributed by atoms with van der Waals surface area (Å²) >= 11 is 0. The van der Waals surface area contributed by atoms with Gasteiger partial charge in [-0.2, -0.15) is 0 Å². The lowest BCUT2D eigenvalue weighted by Crippen LogP contribution is -2.20. The number of methoxy groups -OCH3 is 1. The van der Waals surface area contributed by atoms with Gasteiger partial charge < -0.3 is 10.1 Å². The van der Waals surface area contributed by atoms with Crippen molar-refractivity contribution in [3.63, 3.8) is 0 Å². The van der Waals surface area contributed by atoms with Crippen LogP contribution in [0.2, 0.25) is 0 Å². The predicted octanol–water partition coefficient (Wildman–Crippen LogP) is 1.56. The van der Waals surface area contributed by atoms with E-state index >= 15 is 0 Å². The van der Waals surface area contributed by atoms with Gasteiger partial charge in [0.1, 0.15) is 0 Å². The van der Waals surface area contributed by atoms with Crippen LogP contribution in [0.4, 0.5) is 0 Å². The van der Waals surface area contributed by atoms with Crippen molar-refractivity contribution in [2.45, 2.75) is 19.8 Å². The number of aromatic nitrogens is 1. The molecule has 0 saturated carbocycles. The summed E-state index contributed by atoms with van der Waals surface area (Å²) in [7, 11) is 1.72. The van der Waals surface area contributed by atoms with Crippen LogP contribution >= 0.6 is 0 Å². The van der Waals surface area contributed by atoms with Crippen LogP contribution in [0.3, 0.4) is 0 Å². The SMILES string of the molecule is COCCNCCCc1cnccc1C. The van der Waals surface area contributed by atoms with E-state index in [1.165, 1.54) is 11.1 Å². The van der Waals surface area contributed by atoms with Crippen molar-refractivity contribution in [3.8, 4) is 0 Å². The van der Waals surface area contributed by atoms with Crippen LogP contribution in [0.15, 0.2) is 18.5 Å². The number of rotatable bonds is 7. The lowest BCUT2D eigenvalue weighted by atomic mass is 10.1. The van der Waals surface area contributed by atoms with Crippen LogP contribution in [-0.2, 0) is 11.2 Å². The van der Waals surface area contributed by atoms with Crippen LogP contribution in [-0.4, -0.2) is 31.8 Å².